The third-order valence-corrected chi connectivity index (χ3v) is 5.51. The average Bonchev–Trinajstić information content (AvgIpc) is 3.37. The van der Waals surface area contributed by atoms with Gasteiger partial charge in [-0.1, -0.05) is 41.9 Å². The molecule has 0 unspecified atom stereocenters. The van der Waals surface area contributed by atoms with E-state index in [1.807, 2.05) is 48.5 Å². The SMILES string of the molecule is O=C(NC[C@@H]1CCCO1)/C(=C/c1cccc(Oc2ccccc2)c1)NC(=O)c1ccc(Cl)cc1. The molecule has 6 nitrogen and oxygen atoms in total. The highest BCUT2D eigenvalue weighted by atomic mass is 35.5. The predicted molar refractivity (Wildman–Crippen MR) is 132 cm³/mol. The fourth-order valence-corrected chi connectivity index (χ4v) is 3.65. The lowest BCUT2D eigenvalue weighted by Crippen LogP contribution is -2.38. The van der Waals surface area contributed by atoms with Crippen LogP contribution in [0, 0.1) is 0 Å². The first-order valence-electron chi connectivity index (χ1n) is 11.1. The number of nitrogens with one attached hydrogen (secondary N) is 2. The van der Waals surface area contributed by atoms with Crippen LogP contribution in [0.5, 0.6) is 11.5 Å². The number of ether oxygens (including phenoxy) is 2. The van der Waals surface area contributed by atoms with E-state index in [2.05, 4.69) is 10.6 Å². The minimum Gasteiger partial charge on any atom is -0.457 e. The first-order valence-corrected chi connectivity index (χ1v) is 11.5. The Balaban J connectivity index is 1.54. The van der Waals surface area contributed by atoms with Crippen LogP contribution in [-0.2, 0) is 9.53 Å². The number of carbonyl (C=O) groups excluding carboxylic acids is 2. The van der Waals surface area contributed by atoms with Gasteiger partial charge in [-0.15, -0.1) is 0 Å². The van der Waals surface area contributed by atoms with Crippen molar-refractivity contribution < 1.29 is 19.1 Å². The molecule has 34 heavy (non-hydrogen) atoms. The fraction of sp³-hybridized carbons (Fsp3) is 0.185. The van der Waals surface area contributed by atoms with Gasteiger partial charge in [0.25, 0.3) is 11.8 Å². The summed E-state index contributed by atoms with van der Waals surface area (Å²) in [4.78, 5) is 25.8. The molecule has 0 aromatic heterocycles. The Morgan fingerprint density at radius 3 is 2.50 bits per heavy atom. The number of benzene rings is 3. The maximum absolute atomic E-state index is 13.0. The normalized spacial score (nSPS) is 15.6. The summed E-state index contributed by atoms with van der Waals surface area (Å²) in [5.41, 5.74) is 1.21. The molecule has 3 aromatic rings. The number of rotatable bonds is 8. The highest BCUT2D eigenvalue weighted by Gasteiger charge is 2.19. The van der Waals surface area contributed by atoms with E-state index in [4.69, 9.17) is 21.1 Å². The summed E-state index contributed by atoms with van der Waals surface area (Å²) in [6, 6.07) is 23.2. The molecule has 4 rings (SSSR count). The molecule has 7 heteroatoms. The van der Waals surface area contributed by atoms with Crippen LogP contribution in [0.4, 0.5) is 0 Å². The van der Waals surface area contributed by atoms with Crippen LogP contribution in [-0.4, -0.2) is 31.1 Å². The summed E-state index contributed by atoms with van der Waals surface area (Å²) < 4.78 is 11.5. The van der Waals surface area contributed by atoms with E-state index in [0.29, 0.717) is 40.8 Å². The van der Waals surface area contributed by atoms with Crippen LogP contribution in [0.3, 0.4) is 0 Å². The molecule has 1 aliphatic heterocycles. The minimum absolute atomic E-state index is 0.0141. The summed E-state index contributed by atoms with van der Waals surface area (Å²) in [7, 11) is 0. The average molecular weight is 477 g/mol. The van der Waals surface area contributed by atoms with Crippen LogP contribution >= 0.6 is 11.6 Å². The summed E-state index contributed by atoms with van der Waals surface area (Å²) in [5, 5.41) is 6.12. The molecule has 0 spiro atoms. The molecule has 3 aromatic carbocycles. The first kappa shape index (κ1) is 23.5. The molecule has 2 N–H and O–H groups in total. The maximum atomic E-state index is 13.0. The summed E-state index contributed by atoms with van der Waals surface area (Å²) in [6.45, 7) is 1.08. The van der Waals surface area contributed by atoms with Crippen LogP contribution in [0.25, 0.3) is 6.08 Å². The van der Waals surface area contributed by atoms with Crippen molar-refractivity contribution in [3.05, 3.63) is 101 Å². The number of para-hydroxylation sites is 1. The lowest BCUT2D eigenvalue weighted by Gasteiger charge is -2.14. The van der Waals surface area contributed by atoms with Gasteiger partial charge in [0.15, 0.2) is 0 Å². The summed E-state index contributed by atoms with van der Waals surface area (Å²) in [6.07, 6.45) is 3.48. The molecule has 0 saturated carbocycles. The van der Waals surface area contributed by atoms with Crippen molar-refractivity contribution in [2.45, 2.75) is 18.9 Å². The van der Waals surface area contributed by atoms with Crippen molar-refractivity contribution in [3.63, 3.8) is 0 Å². The molecule has 1 aliphatic rings. The third-order valence-electron chi connectivity index (χ3n) is 5.26. The molecule has 174 valence electrons. The van der Waals surface area contributed by atoms with E-state index in [1.54, 1.807) is 36.4 Å². The van der Waals surface area contributed by atoms with E-state index in [-0.39, 0.29) is 11.8 Å². The molecule has 2 amide bonds. The zero-order valence-corrected chi connectivity index (χ0v) is 19.3. The molecule has 1 atom stereocenters. The molecule has 0 bridgehead atoms. The minimum atomic E-state index is -0.410. The lowest BCUT2D eigenvalue weighted by atomic mass is 10.1. The van der Waals surface area contributed by atoms with E-state index in [0.717, 1.165) is 12.8 Å². The molecule has 1 saturated heterocycles. The van der Waals surface area contributed by atoms with Crippen molar-refractivity contribution in [2.75, 3.05) is 13.2 Å². The van der Waals surface area contributed by atoms with Crippen molar-refractivity contribution >= 4 is 29.5 Å². The number of amides is 2. The highest BCUT2D eigenvalue weighted by Crippen LogP contribution is 2.23. The summed E-state index contributed by atoms with van der Waals surface area (Å²) in [5.74, 6) is 0.511. The Bertz CT molecular complexity index is 1160. The largest absolute Gasteiger partial charge is 0.457 e. The Morgan fingerprint density at radius 2 is 1.76 bits per heavy atom. The quantitative estimate of drug-likeness (QED) is 0.438. The van der Waals surface area contributed by atoms with Gasteiger partial charge in [0.05, 0.1) is 6.10 Å². The van der Waals surface area contributed by atoms with Gasteiger partial charge < -0.3 is 20.1 Å². The fourth-order valence-electron chi connectivity index (χ4n) is 3.52. The standard InChI is InChI=1S/C27H25ClN2O4/c28-21-13-11-20(12-14-21)26(31)30-25(27(32)29-18-24-10-5-15-33-24)17-19-6-4-9-23(16-19)34-22-7-2-1-3-8-22/h1-4,6-9,11-14,16-17,24H,5,10,15,18H2,(H,29,32)(H,30,31)/b25-17-/t24-/m0/s1. The molecular weight excluding hydrogens is 452 g/mol. The Labute approximate surface area is 203 Å². The van der Waals surface area contributed by atoms with Crippen LogP contribution in [0.2, 0.25) is 5.02 Å². The van der Waals surface area contributed by atoms with Crippen molar-refractivity contribution in [1.29, 1.82) is 0 Å². The zero-order valence-electron chi connectivity index (χ0n) is 18.5. The molecule has 1 fully saturated rings. The molecule has 0 radical (unpaired) electrons. The van der Waals surface area contributed by atoms with Gasteiger partial charge in [-0.05, 0) is 73.0 Å². The third kappa shape index (κ3) is 6.70. The Morgan fingerprint density at radius 1 is 1.00 bits per heavy atom. The maximum Gasteiger partial charge on any atom is 0.267 e. The van der Waals surface area contributed by atoms with Gasteiger partial charge in [0.2, 0.25) is 0 Å². The van der Waals surface area contributed by atoms with Crippen molar-refractivity contribution in [3.8, 4) is 11.5 Å². The van der Waals surface area contributed by atoms with Crippen molar-refractivity contribution in [1.82, 2.24) is 10.6 Å². The number of hydrogen-bond acceptors (Lipinski definition) is 4. The predicted octanol–water partition coefficient (Wildman–Crippen LogP) is 5.20. The second-order valence-corrected chi connectivity index (χ2v) is 8.29. The van der Waals surface area contributed by atoms with Gasteiger partial charge in [-0.2, -0.15) is 0 Å². The van der Waals surface area contributed by atoms with E-state index >= 15 is 0 Å². The van der Waals surface area contributed by atoms with Gasteiger partial charge in [0, 0.05) is 23.7 Å². The Kier molecular flexibility index (Phi) is 7.96. The number of hydrogen-bond donors (Lipinski definition) is 2. The topological polar surface area (TPSA) is 76.7 Å². The number of carbonyl (C=O) groups is 2. The van der Waals surface area contributed by atoms with Crippen LogP contribution in [0.15, 0.2) is 84.6 Å². The van der Waals surface area contributed by atoms with Gasteiger partial charge in [0.1, 0.15) is 17.2 Å². The Hall–Kier alpha value is -3.61. The smallest absolute Gasteiger partial charge is 0.267 e. The zero-order chi connectivity index (χ0) is 23.8. The number of halogens is 1. The molecule has 0 aliphatic carbocycles. The monoisotopic (exact) mass is 476 g/mol. The van der Waals surface area contributed by atoms with Gasteiger partial charge in [-0.3, -0.25) is 9.59 Å². The van der Waals surface area contributed by atoms with Gasteiger partial charge >= 0.3 is 0 Å². The van der Waals surface area contributed by atoms with E-state index < -0.39 is 11.8 Å². The molecular formula is C27H25ClN2O4. The van der Waals surface area contributed by atoms with E-state index in [1.165, 1.54) is 0 Å². The van der Waals surface area contributed by atoms with Crippen LogP contribution < -0.4 is 15.4 Å². The van der Waals surface area contributed by atoms with Gasteiger partial charge in [-0.25, -0.2) is 0 Å². The van der Waals surface area contributed by atoms with Crippen LogP contribution in [0.1, 0.15) is 28.8 Å². The molecule has 1 heterocycles. The second-order valence-electron chi connectivity index (χ2n) is 7.85. The second kappa shape index (κ2) is 11.5. The van der Waals surface area contributed by atoms with E-state index in [9.17, 15) is 9.59 Å². The van der Waals surface area contributed by atoms with Crippen molar-refractivity contribution in [2.24, 2.45) is 0 Å². The highest BCUT2D eigenvalue weighted by molar-refractivity contribution is 6.30. The summed E-state index contributed by atoms with van der Waals surface area (Å²) >= 11 is 5.93. The first-order chi connectivity index (χ1) is 16.6. The lowest BCUT2D eigenvalue weighted by molar-refractivity contribution is -0.118.